The molecule has 0 rings (SSSR count). The summed E-state index contributed by atoms with van der Waals surface area (Å²) in [6.45, 7) is 5.19. The van der Waals surface area contributed by atoms with Gasteiger partial charge in [0, 0.05) is 0 Å². The van der Waals surface area contributed by atoms with Gasteiger partial charge in [-0.1, -0.05) is 6.08 Å². The van der Waals surface area contributed by atoms with Crippen LogP contribution >= 0.6 is 0 Å². The minimum atomic E-state index is -3.29. The molecule has 0 radical (unpaired) electrons. The molecule has 0 aliphatic rings. The van der Waals surface area contributed by atoms with Crippen molar-refractivity contribution in [1.82, 2.24) is 0 Å². The van der Waals surface area contributed by atoms with Crippen molar-refractivity contribution in [3.05, 3.63) is 12.7 Å². The molecular formula is C4H9NO3S. The molecule has 0 unspecified atom stereocenters. The molecule has 0 spiro atoms. The van der Waals surface area contributed by atoms with Crippen LogP contribution < -0.4 is 5.14 Å². The second-order valence-corrected chi connectivity index (χ2v) is 2.78. The van der Waals surface area contributed by atoms with E-state index in [1.165, 1.54) is 6.08 Å². The predicted octanol–water partition coefficient (Wildman–Crippen LogP) is -0.724. The lowest BCUT2D eigenvalue weighted by Crippen LogP contribution is -2.14. The standard InChI is InChI=1S/C3H7NO2S.CH2O/c1-2-3-7(4,5)6;1-2/h2H,1,3H2,(H2,4,5,6);1H2. The highest BCUT2D eigenvalue weighted by Gasteiger charge is 1.93. The van der Waals surface area contributed by atoms with Crippen molar-refractivity contribution in [1.29, 1.82) is 0 Å². The Kier molecular flexibility index (Phi) is 6.77. The van der Waals surface area contributed by atoms with E-state index < -0.39 is 10.0 Å². The van der Waals surface area contributed by atoms with E-state index in [9.17, 15) is 8.42 Å². The second kappa shape index (κ2) is 5.46. The Morgan fingerprint density at radius 3 is 1.78 bits per heavy atom. The molecule has 0 bridgehead atoms. The van der Waals surface area contributed by atoms with E-state index in [2.05, 4.69) is 11.7 Å². The van der Waals surface area contributed by atoms with Crippen LogP contribution in [0.5, 0.6) is 0 Å². The molecular weight excluding hydrogens is 142 g/mol. The summed E-state index contributed by atoms with van der Waals surface area (Å²) < 4.78 is 19.9. The third-order valence-electron chi connectivity index (χ3n) is 0.350. The largest absolute Gasteiger partial charge is 0.307 e. The molecule has 0 fully saturated rings. The maximum Gasteiger partial charge on any atom is 0.212 e. The first-order valence-corrected chi connectivity index (χ1v) is 3.68. The maximum absolute atomic E-state index is 9.94. The van der Waals surface area contributed by atoms with E-state index in [0.717, 1.165) is 0 Å². The van der Waals surface area contributed by atoms with Gasteiger partial charge in [0.05, 0.1) is 5.75 Å². The highest BCUT2D eigenvalue weighted by Crippen LogP contribution is 1.73. The third kappa shape index (κ3) is 18.8. The van der Waals surface area contributed by atoms with Gasteiger partial charge in [-0.15, -0.1) is 6.58 Å². The molecule has 9 heavy (non-hydrogen) atoms. The van der Waals surface area contributed by atoms with Gasteiger partial charge in [0.15, 0.2) is 0 Å². The Labute approximate surface area is 54.4 Å². The van der Waals surface area contributed by atoms with Crippen LogP contribution in [0.25, 0.3) is 0 Å². The van der Waals surface area contributed by atoms with Crippen molar-refractivity contribution in [3.63, 3.8) is 0 Å². The van der Waals surface area contributed by atoms with Crippen LogP contribution in [0.2, 0.25) is 0 Å². The zero-order valence-corrected chi connectivity index (χ0v) is 5.73. The predicted molar refractivity (Wildman–Crippen MR) is 35.3 cm³/mol. The van der Waals surface area contributed by atoms with Gasteiger partial charge in [0.1, 0.15) is 6.79 Å². The van der Waals surface area contributed by atoms with E-state index in [1.54, 1.807) is 0 Å². The number of nitrogens with two attached hydrogens (primary N) is 1. The Balaban J connectivity index is 0. The van der Waals surface area contributed by atoms with Crippen molar-refractivity contribution in [3.8, 4) is 0 Å². The van der Waals surface area contributed by atoms with Crippen LogP contribution in [-0.4, -0.2) is 21.0 Å². The molecule has 4 nitrogen and oxygen atoms in total. The smallest absolute Gasteiger partial charge is 0.212 e. The highest BCUT2D eigenvalue weighted by atomic mass is 32.2. The normalized spacial score (nSPS) is 9.00. The summed E-state index contributed by atoms with van der Waals surface area (Å²) in [6, 6.07) is 0. The fourth-order valence-corrected chi connectivity index (χ4v) is 0.493. The molecule has 0 aromatic carbocycles. The first-order valence-electron chi connectivity index (χ1n) is 1.96. The van der Waals surface area contributed by atoms with Gasteiger partial charge >= 0.3 is 0 Å². The van der Waals surface area contributed by atoms with E-state index in [-0.39, 0.29) is 5.75 Å². The van der Waals surface area contributed by atoms with Crippen molar-refractivity contribution >= 4 is 16.8 Å². The van der Waals surface area contributed by atoms with Crippen LogP contribution in [-0.2, 0) is 14.8 Å². The van der Waals surface area contributed by atoms with Crippen LogP contribution in [0.4, 0.5) is 0 Å². The Hall–Kier alpha value is -0.680. The third-order valence-corrected chi connectivity index (χ3v) is 1.05. The molecule has 5 heteroatoms. The number of primary sulfonamides is 1. The Morgan fingerprint density at radius 1 is 1.44 bits per heavy atom. The summed E-state index contributed by atoms with van der Waals surface area (Å²) in [5, 5.41) is 4.55. The second-order valence-electron chi connectivity index (χ2n) is 1.12. The highest BCUT2D eigenvalue weighted by molar-refractivity contribution is 7.89. The van der Waals surface area contributed by atoms with Crippen molar-refractivity contribution < 1.29 is 13.2 Å². The molecule has 54 valence electrons. The topological polar surface area (TPSA) is 77.2 Å². The van der Waals surface area contributed by atoms with Gasteiger partial charge in [0.2, 0.25) is 10.0 Å². The van der Waals surface area contributed by atoms with Gasteiger partial charge in [-0.2, -0.15) is 0 Å². The van der Waals surface area contributed by atoms with Gasteiger partial charge in [-0.3, -0.25) is 0 Å². The SMILES string of the molecule is C=CCS(N)(=O)=O.C=O. The van der Waals surface area contributed by atoms with E-state index in [1.807, 2.05) is 6.79 Å². The summed E-state index contributed by atoms with van der Waals surface area (Å²) in [4.78, 5) is 8.00. The number of sulfonamides is 1. The van der Waals surface area contributed by atoms with Crippen molar-refractivity contribution in [2.45, 2.75) is 0 Å². The first-order chi connectivity index (χ1) is 4.06. The molecule has 0 aromatic heterocycles. The zero-order valence-electron chi connectivity index (χ0n) is 4.91. The molecule has 0 aromatic rings. The minimum absolute atomic E-state index is 0.146. The average Bonchev–Trinajstić information content (AvgIpc) is 1.69. The summed E-state index contributed by atoms with van der Waals surface area (Å²) in [7, 11) is -3.29. The quantitative estimate of drug-likeness (QED) is 0.529. The van der Waals surface area contributed by atoms with Gasteiger partial charge in [-0.05, 0) is 0 Å². The zero-order chi connectivity index (χ0) is 7.91. The number of rotatable bonds is 2. The van der Waals surface area contributed by atoms with Crippen LogP contribution in [0, 0.1) is 0 Å². The van der Waals surface area contributed by atoms with Crippen LogP contribution in [0.15, 0.2) is 12.7 Å². The maximum atomic E-state index is 9.94. The molecule has 0 aliphatic carbocycles. The summed E-state index contributed by atoms with van der Waals surface area (Å²) in [6.07, 6.45) is 1.25. The minimum Gasteiger partial charge on any atom is -0.307 e. The number of carbonyl (C=O) groups excluding carboxylic acids is 1. The molecule has 0 atom stereocenters. The lowest BCUT2D eigenvalue weighted by atomic mass is 10.8. The molecule has 0 saturated heterocycles. The molecule has 2 N–H and O–H groups in total. The number of carbonyl (C=O) groups is 1. The molecule has 0 saturated carbocycles. The number of hydrogen-bond acceptors (Lipinski definition) is 3. The summed E-state index contributed by atoms with van der Waals surface area (Å²) in [5.74, 6) is -0.146. The van der Waals surface area contributed by atoms with Crippen LogP contribution in [0.1, 0.15) is 0 Å². The Morgan fingerprint density at radius 2 is 1.78 bits per heavy atom. The summed E-state index contributed by atoms with van der Waals surface area (Å²) >= 11 is 0. The fraction of sp³-hybridized carbons (Fsp3) is 0.250. The van der Waals surface area contributed by atoms with E-state index >= 15 is 0 Å². The molecule has 0 amide bonds. The Bertz CT molecular complexity index is 161. The average molecular weight is 151 g/mol. The summed E-state index contributed by atoms with van der Waals surface area (Å²) in [5.41, 5.74) is 0. The van der Waals surface area contributed by atoms with Gasteiger partial charge < -0.3 is 4.79 Å². The van der Waals surface area contributed by atoms with E-state index in [0.29, 0.717) is 0 Å². The molecule has 0 aliphatic heterocycles. The van der Waals surface area contributed by atoms with Gasteiger partial charge in [-0.25, -0.2) is 13.6 Å². The number of hydrogen-bond donors (Lipinski definition) is 1. The van der Waals surface area contributed by atoms with Gasteiger partial charge in [0.25, 0.3) is 0 Å². The molecule has 0 heterocycles. The fourth-order valence-electron chi connectivity index (χ4n) is 0.164. The van der Waals surface area contributed by atoms with E-state index in [4.69, 9.17) is 4.79 Å². The lowest BCUT2D eigenvalue weighted by Gasteiger charge is -1.83. The van der Waals surface area contributed by atoms with Crippen molar-refractivity contribution in [2.75, 3.05) is 5.75 Å². The lowest BCUT2D eigenvalue weighted by molar-refractivity contribution is -0.0979. The first kappa shape index (κ1) is 11.2. The van der Waals surface area contributed by atoms with Crippen LogP contribution in [0.3, 0.4) is 0 Å². The monoisotopic (exact) mass is 151 g/mol. The van der Waals surface area contributed by atoms with Crippen molar-refractivity contribution in [2.24, 2.45) is 5.14 Å².